The van der Waals surface area contributed by atoms with Crippen molar-refractivity contribution < 1.29 is 70.4 Å². The maximum atomic E-state index is 16.9. The Hall–Kier alpha value is -9.90. The van der Waals surface area contributed by atoms with Gasteiger partial charge in [-0.15, -0.1) is 0 Å². The van der Waals surface area contributed by atoms with Gasteiger partial charge in [-0.1, -0.05) is 193 Å². The summed E-state index contributed by atoms with van der Waals surface area (Å²) in [5.41, 5.74) is 4.59. The highest BCUT2D eigenvalue weighted by Crippen LogP contribution is 2.80. The molecular formula is C81H69N3O15P6. The number of ether oxygens (including phenoxy) is 3. The Morgan fingerprint density at radius 3 is 0.686 bits per heavy atom. The van der Waals surface area contributed by atoms with Crippen LogP contribution in [-0.4, -0.2) is 15.3 Å². The molecule has 3 atom stereocenters. The molecule has 0 saturated carbocycles. The summed E-state index contributed by atoms with van der Waals surface area (Å²) < 4.78 is 132. The van der Waals surface area contributed by atoms with E-state index in [1.807, 2.05) is 77.9 Å². The van der Waals surface area contributed by atoms with Crippen LogP contribution >= 0.6 is 44.4 Å². The second-order valence-electron chi connectivity index (χ2n) is 26.1. The Bertz CT molecular complexity index is 5080. The molecule has 18 nitrogen and oxygen atoms in total. The van der Waals surface area contributed by atoms with Gasteiger partial charge in [-0.25, -0.2) is 0 Å². The molecule has 4 aliphatic heterocycles. The predicted octanol–water partition coefficient (Wildman–Crippen LogP) is 20.5. The second kappa shape index (κ2) is 27.2. The molecule has 3 unspecified atom stereocenters. The van der Waals surface area contributed by atoms with Crippen LogP contribution in [0.25, 0.3) is 0 Å². The molecule has 12 aromatic carbocycles. The average Bonchev–Trinajstić information content (AvgIpc) is 0.727. The third kappa shape index (κ3) is 12.7. The first-order chi connectivity index (χ1) is 50.6. The molecule has 0 amide bonds. The van der Waals surface area contributed by atoms with Crippen molar-refractivity contribution in [3.8, 4) is 69.0 Å². The molecule has 0 aliphatic carbocycles. The monoisotopic (exact) mass is 1510 g/mol. The molecule has 16 rings (SSSR count). The molecule has 528 valence electrons. The van der Waals surface area contributed by atoms with Crippen LogP contribution in [0.2, 0.25) is 0 Å². The molecule has 0 radical (unpaired) electrons. The molecule has 0 spiro atoms. The summed E-state index contributed by atoms with van der Waals surface area (Å²) in [5.74, 6) is -3.85. The Morgan fingerprint density at radius 1 is 0.267 bits per heavy atom. The van der Waals surface area contributed by atoms with Crippen LogP contribution in [0.15, 0.2) is 287 Å². The quantitative estimate of drug-likeness (QED) is 0.0678. The van der Waals surface area contributed by atoms with Gasteiger partial charge >= 0.3 is 23.0 Å². The Balaban J connectivity index is 0.979. The lowest BCUT2D eigenvalue weighted by Crippen LogP contribution is -2.28. The van der Waals surface area contributed by atoms with E-state index in [1.165, 1.54) is 0 Å². The number of benzene rings is 12. The number of aliphatic hydroxyl groups excluding tert-OH is 3. The minimum atomic E-state index is -4.99. The van der Waals surface area contributed by atoms with Gasteiger partial charge in [0.15, 0.2) is 21.4 Å². The van der Waals surface area contributed by atoms with Gasteiger partial charge in [0.05, 0.1) is 31.8 Å². The second-order valence-corrected chi connectivity index (χ2v) is 40.6. The van der Waals surface area contributed by atoms with Gasteiger partial charge < -0.3 is 70.4 Å². The lowest BCUT2D eigenvalue weighted by Gasteiger charge is -2.36. The van der Waals surface area contributed by atoms with E-state index >= 15 is 13.7 Å². The molecule has 12 aromatic rings. The van der Waals surface area contributed by atoms with E-state index < -0.39 is 61.9 Å². The molecular weight excluding hydrogens is 1440 g/mol. The summed E-state index contributed by atoms with van der Waals surface area (Å²) in [6.07, 6.45) is 0. The Kier molecular flexibility index (Phi) is 18.0. The number of hydrogen-bond acceptors (Lipinski definition) is 18. The van der Waals surface area contributed by atoms with E-state index in [0.717, 1.165) is 33.4 Å². The normalized spacial score (nSPS) is 19.5. The zero-order chi connectivity index (χ0) is 72.6. The Morgan fingerprint density at radius 2 is 0.467 bits per heavy atom. The smallest absolute Gasteiger partial charge is 0.456 e. The maximum absolute atomic E-state index is 16.9. The average molecular weight is 1510 g/mol. The van der Waals surface area contributed by atoms with Crippen LogP contribution in [0.3, 0.4) is 0 Å². The number of para-hydroxylation sites is 6. The standard InChI is InChI=1S/C81H69N3O15P6/c1-52-34-40-67-73(46-52)100(88,74-47-53(2)35-41-68(74)91-67)79(85)61-28-16-19-31-64(61)97-103(94-58-22-10-7-11-23-58)82-104(95-59-24-12-8-13-25-59,98-65-32-20-17-29-62(65)80(86)101(89)75-48-54(3)36-42-69(75)92-70-43-37-55(4)49-76(70)101)84-105(83-103,96-60-26-14-9-15-27-60)99-66-33-21-18-30-63(66)81(87)102(90)77-50-56(5)38-44-71(77)93-72-45-39-57(6)51-78(72)102/h7-51,79-81,85-87H,1-6H3. The predicted molar refractivity (Wildman–Crippen MR) is 413 cm³/mol. The molecule has 0 saturated heterocycles. The molecule has 4 heterocycles. The summed E-state index contributed by atoms with van der Waals surface area (Å²) in [4.78, 5) is 0. The molecule has 0 aromatic heterocycles. The van der Waals surface area contributed by atoms with Gasteiger partial charge in [-0.3, -0.25) is 0 Å². The van der Waals surface area contributed by atoms with Crippen LogP contribution in [0.1, 0.15) is 67.6 Å². The highest BCUT2D eigenvalue weighted by Gasteiger charge is 2.54. The fourth-order valence-electron chi connectivity index (χ4n) is 13.3. The van der Waals surface area contributed by atoms with Crippen LogP contribution in [0.5, 0.6) is 69.0 Å². The zero-order valence-electron chi connectivity index (χ0n) is 57.5. The van der Waals surface area contributed by atoms with Crippen molar-refractivity contribution in [2.24, 2.45) is 13.5 Å². The SMILES string of the molecule is Cc1ccc2c(c1)P(=O)(C(O)c1ccccc1OP1(Oc3ccccc3)=NP(Oc3ccccc3)(Oc3ccccc3C(O)P3(=O)c4cc(C)ccc4Oc4ccc(C)cc43)=NP(Oc3ccccc3)(Oc3ccccc3C(O)P3(=O)c4cc(C)ccc4Oc4ccc(C)cc43)=N1)c1cc(C)ccc1O2. The third-order valence-electron chi connectivity index (χ3n) is 18.4. The van der Waals surface area contributed by atoms with Gasteiger partial charge in [-0.05, 0) is 169 Å². The lowest BCUT2D eigenvalue weighted by molar-refractivity contribution is 0.253. The fraction of sp³-hybridized carbons (Fsp3) is 0.111. The molecule has 105 heavy (non-hydrogen) atoms. The zero-order valence-corrected chi connectivity index (χ0v) is 62.8. The van der Waals surface area contributed by atoms with E-state index in [2.05, 4.69) is 0 Å². The van der Waals surface area contributed by atoms with Crippen molar-refractivity contribution in [1.29, 1.82) is 0 Å². The van der Waals surface area contributed by atoms with Crippen molar-refractivity contribution in [2.75, 3.05) is 0 Å². The summed E-state index contributed by atoms with van der Waals surface area (Å²) in [5, 5.41) is 42.3. The number of rotatable bonds is 18. The molecule has 4 aliphatic rings. The van der Waals surface area contributed by atoms with Crippen molar-refractivity contribution in [3.05, 3.63) is 323 Å². The number of fused-ring (bicyclic) bond motifs is 6. The number of aliphatic hydroxyl groups is 3. The van der Waals surface area contributed by atoms with Crippen molar-refractivity contribution in [3.63, 3.8) is 0 Å². The number of aryl methyl sites for hydroxylation is 6. The first kappa shape index (κ1) is 69.5. The van der Waals surface area contributed by atoms with Crippen LogP contribution in [0, 0.1) is 41.5 Å². The highest BCUT2D eigenvalue weighted by molar-refractivity contribution is 7.81. The minimum absolute atomic E-state index is 0.00982. The van der Waals surface area contributed by atoms with Gasteiger partial charge in [0, 0.05) is 16.7 Å². The van der Waals surface area contributed by atoms with E-state index in [1.54, 1.807) is 237 Å². The number of nitrogens with zero attached hydrogens (tertiary/aromatic N) is 3. The highest BCUT2D eigenvalue weighted by atomic mass is 31.3. The minimum Gasteiger partial charge on any atom is -0.456 e. The van der Waals surface area contributed by atoms with Gasteiger partial charge in [0.25, 0.3) is 0 Å². The van der Waals surface area contributed by atoms with Crippen molar-refractivity contribution in [2.45, 2.75) is 59.1 Å². The molecule has 24 heteroatoms. The van der Waals surface area contributed by atoms with Crippen LogP contribution in [-0.2, 0) is 13.7 Å². The first-order valence-electron chi connectivity index (χ1n) is 33.7. The number of hydrogen-bond donors (Lipinski definition) is 3. The molecule has 0 bridgehead atoms. The first-order valence-corrected chi connectivity index (χ1v) is 43.6. The third-order valence-corrected chi connectivity index (χ3v) is 35.7. The van der Waals surface area contributed by atoms with Gasteiger partial charge in [-0.2, -0.15) is 0 Å². The van der Waals surface area contributed by atoms with Gasteiger partial charge in [0.2, 0.25) is 0 Å². The maximum Gasteiger partial charge on any atom is 0.460 e. The largest absolute Gasteiger partial charge is 0.460 e. The summed E-state index contributed by atoms with van der Waals surface area (Å²) in [6, 6.07) is 77.2. The molecule has 0 fully saturated rings. The van der Waals surface area contributed by atoms with Crippen molar-refractivity contribution in [1.82, 2.24) is 0 Å². The van der Waals surface area contributed by atoms with E-state index in [9.17, 15) is 15.3 Å². The summed E-state index contributed by atoms with van der Waals surface area (Å²) in [7, 11) is -27.8. The fourth-order valence-corrected chi connectivity index (χ4v) is 31.7. The van der Waals surface area contributed by atoms with Crippen molar-refractivity contribution >= 4 is 76.2 Å². The Labute approximate surface area is 607 Å². The van der Waals surface area contributed by atoms with Crippen LogP contribution in [0.4, 0.5) is 0 Å². The summed E-state index contributed by atoms with van der Waals surface area (Å²) >= 11 is 0. The molecule has 3 N–H and O–H groups in total. The van der Waals surface area contributed by atoms with E-state index in [4.69, 9.17) is 54.9 Å². The van der Waals surface area contributed by atoms with E-state index in [-0.39, 0.29) is 83.0 Å². The topological polar surface area (TPSA) is 232 Å². The van der Waals surface area contributed by atoms with E-state index in [0.29, 0.717) is 34.5 Å². The van der Waals surface area contributed by atoms with Gasteiger partial charge in [0.1, 0.15) is 86.5 Å². The lowest BCUT2D eigenvalue weighted by atomic mass is 10.2. The summed E-state index contributed by atoms with van der Waals surface area (Å²) in [6.45, 7) is 11.2. The van der Waals surface area contributed by atoms with Crippen LogP contribution < -0.4 is 73.2 Å².